The minimum Gasteiger partial charge on any atom is -0.337 e. The SMILES string of the molecule is Cc1ncsc1CN1C[C@@](C)(C2CC2)CC1=O. The first-order chi connectivity index (χ1) is 8.08. The second-order valence-corrected chi connectivity index (χ2v) is 6.66. The number of aromatic nitrogens is 1. The fourth-order valence-corrected chi connectivity index (χ4v) is 3.68. The molecule has 0 unspecified atom stereocenters. The maximum absolute atomic E-state index is 12.1. The predicted octanol–water partition coefficient (Wildman–Crippen LogP) is 2.60. The number of thiazole rings is 1. The van der Waals surface area contributed by atoms with E-state index in [2.05, 4.69) is 11.9 Å². The van der Waals surface area contributed by atoms with E-state index in [4.69, 9.17) is 0 Å². The highest BCUT2D eigenvalue weighted by Crippen LogP contribution is 2.51. The van der Waals surface area contributed by atoms with Gasteiger partial charge in [-0.25, -0.2) is 4.98 Å². The van der Waals surface area contributed by atoms with Crippen LogP contribution in [-0.2, 0) is 11.3 Å². The van der Waals surface area contributed by atoms with Crippen LogP contribution in [0.5, 0.6) is 0 Å². The van der Waals surface area contributed by atoms with Crippen LogP contribution in [0.1, 0.15) is 36.8 Å². The fraction of sp³-hybridized carbons (Fsp3) is 0.692. The van der Waals surface area contributed by atoms with Crippen molar-refractivity contribution in [3.8, 4) is 0 Å². The van der Waals surface area contributed by atoms with Gasteiger partial charge in [-0.15, -0.1) is 11.3 Å². The standard InChI is InChI=1S/C13H18N2OS/c1-9-11(17-8-14-9)6-15-7-13(2,5-12(15)16)10-3-4-10/h8,10H,3-7H2,1-2H3/t13-/m0/s1. The summed E-state index contributed by atoms with van der Waals surface area (Å²) in [4.78, 5) is 19.6. The number of aryl methyl sites for hydroxylation is 1. The molecule has 0 N–H and O–H groups in total. The maximum Gasteiger partial charge on any atom is 0.223 e. The zero-order valence-corrected chi connectivity index (χ0v) is 11.2. The average Bonchev–Trinajstić information content (AvgIpc) is 2.99. The first kappa shape index (κ1) is 11.2. The largest absolute Gasteiger partial charge is 0.337 e. The molecule has 1 amide bonds. The van der Waals surface area contributed by atoms with Gasteiger partial charge in [-0.1, -0.05) is 6.92 Å². The molecule has 3 rings (SSSR count). The lowest BCUT2D eigenvalue weighted by atomic mass is 9.84. The van der Waals surface area contributed by atoms with Crippen molar-refractivity contribution >= 4 is 17.2 Å². The van der Waals surface area contributed by atoms with Crippen molar-refractivity contribution < 1.29 is 4.79 Å². The van der Waals surface area contributed by atoms with Crippen molar-refractivity contribution in [2.75, 3.05) is 6.54 Å². The van der Waals surface area contributed by atoms with Gasteiger partial charge in [0.05, 0.1) is 17.7 Å². The number of carbonyl (C=O) groups is 1. The predicted molar refractivity (Wildman–Crippen MR) is 67.7 cm³/mol. The van der Waals surface area contributed by atoms with Gasteiger partial charge in [0.25, 0.3) is 0 Å². The summed E-state index contributed by atoms with van der Waals surface area (Å²) in [6.07, 6.45) is 3.38. The van der Waals surface area contributed by atoms with E-state index in [-0.39, 0.29) is 5.41 Å². The van der Waals surface area contributed by atoms with Crippen LogP contribution in [0.15, 0.2) is 5.51 Å². The molecule has 1 aromatic heterocycles. The molecule has 2 heterocycles. The Morgan fingerprint density at radius 3 is 2.94 bits per heavy atom. The number of nitrogens with zero attached hydrogens (tertiary/aromatic N) is 2. The summed E-state index contributed by atoms with van der Waals surface area (Å²) in [5.41, 5.74) is 3.18. The van der Waals surface area contributed by atoms with E-state index in [1.165, 1.54) is 17.7 Å². The van der Waals surface area contributed by atoms with Gasteiger partial charge in [0.15, 0.2) is 0 Å². The summed E-state index contributed by atoms with van der Waals surface area (Å²) >= 11 is 1.66. The van der Waals surface area contributed by atoms with Gasteiger partial charge < -0.3 is 4.90 Å². The Morgan fingerprint density at radius 2 is 2.35 bits per heavy atom. The van der Waals surface area contributed by atoms with Crippen molar-refractivity contribution in [1.29, 1.82) is 0 Å². The van der Waals surface area contributed by atoms with Crippen LogP contribution in [0, 0.1) is 18.3 Å². The number of hydrogen-bond donors (Lipinski definition) is 0. The van der Waals surface area contributed by atoms with Crippen LogP contribution in [-0.4, -0.2) is 22.3 Å². The summed E-state index contributed by atoms with van der Waals surface area (Å²) in [7, 11) is 0. The van der Waals surface area contributed by atoms with Crippen molar-refractivity contribution in [3.63, 3.8) is 0 Å². The lowest BCUT2D eigenvalue weighted by molar-refractivity contribution is -0.128. The molecule has 1 atom stereocenters. The van der Waals surface area contributed by atoms with Crippen LogP contribution in [0.4, 0.5) is 0 Å². The fourth-order valence-electron chi connectivity index (χ4n) is 2.89. The van der Waals surface area contributed by atoms with Crippen molar-refractivity contribution in [2.24, 2.45) is 11.3 Å². The molecule has 92 valence electrons. The lowest BCUT2D eigenvalue weighted by Crippen LogP contribution is -2.27. The molecule has 0 spiro atoms. The van der Waals surface area contributed by atoms with Gasteiger partial charge >= 0.3 is 0 Å². The van der Waals surface area contributed by atoms with Crippen molar-refractivity contribution in [1.82, 2.24) is 9.88 Å². The highest BCUT2D eigenvalue weighted by molar-refractivity contribution is 7.09. The summed E-state index contributed by atoms with van der Waals surface area (Å²) in [6, 6.07) is 0. The highest BCUT2D eigenvalue weighted by atomic mass is 32.1. The molecule has 1 aromatic rings. The number of likely N-dealkylation sites (tertiary alicyclic amines) is 1. The molecule has 2 aliphatic rings. The molecule has 1 aliphatic heterocycles. The molecule has 1 aliphatic carbocycles. The Hall–Kier alpha value is -0.900. The van der Waals surface area contributed by atoms with E-state index in [9.17, 15) is 4.79 Å². The second-order valence-electron chi connectivity index (χ2n) is 5.72. The first-order valence-electron chi connectivity index (χ1n) is 6.25. The first-order valence-corrected chi connectivity index (χ1v) is 7.13. The third-order valence-electron chi connectivity index (χ3n) is 4.20. The van der Waals surface area contributed by atoms with Crippen LogP contribution < -0.4 is 0 Å². The van der Waals surface area contributed by atoms with Crippen LogP contribution in [0.2, 0.25) is 0 Å². The normalized spacial score (nSPS) is 29.1. The topological polar surface area (TPSA) is 33.2 Å². The van der Waals surface area contributed by atoms with E-state index in [0.717, 1.165) is 31.1 Å². The zero-order chi connectivity index (χ0) is 12.0. The molecule has 0 radical (unpaired) electrons. The van der Waals surface area contributed by atoms with E-state index < -0.39 is 0 Å². The molecule has 2 fully saturated rings. The van der Waals surface area contributed by atoms with Gasteiger partial charge in [-0.05, 0) is 31.1 Å². The Bertz CT molecular complexity index is 452. The molecule has 1 saturated carbocycles. The Morgan fingerprint density at radius 1 is 1.59 bits per heavy atom. The summed E-state index contributed by atoms with van der Waals surface area (Å²) in [6.45, 7) is 6.00. The number of rotatable bonds is 3. The molecular formula is C13H18N2OS. The summed E-state index contributed by atoms with van der Waals surface area (Å²) in [5.74, 6) is 1.12. The zero-order valence-electron chi connectivity index (χ0n) is 10.4. The quantitative estimate of drug-likeness (QED) is 0.826. The van der Waals surface area contributed by atoms with E-state index in [0.29, 0.717) is 5.91 Å². The van der Waals surface area contributed by atoms with Crippen molar-refractivity contribution in [3.05, 3.63) is 16.1 Å². The smallest absolute Gasteiger partial charge is 0.223 e. The van der Waals surface area contributed by atoms with Gasteiger partial charge in [0.1, 0.15) is 0 Å². The second kappa shape index (κ2) is 3.80. The maximum atomic E-state index is 12.1. The van der Waals surface area contributed by atoms with Gasteiger partial charge in [0, 0.05) is 17.8 Å². The number of hydrogen-bond acceptors (Lipinski definition) is 3. The Balaban J connectivity index is 1.72. The van der Waals surface area contributed by atoms with Gasteiger partial charge in [-0.3, -0.25) is 4.79 Å². The lowest BCUT2D eigenvalue weighted by Gasteiger charge is -2.23. The minimum atomic E-state index is 0.246. The molecule has 4 heteroatoms. The minimum absolute atomic E-state index is 0.246. The van der Waals surface area contributed by atoms with Gasteiger partial charge in [-0.2, -0.15) is 0 Å². The monoisotopic (exact) mass is 250 g/mol. The molecule has 17 heavy (non-hydrogen) atoms. The molecule has 0 aromatic carbocycles. The number of amides is 1. The molecular weight excluding hydrogens is 232 g/mol. The van der Waals surface area contributed by atoms with E-state index >= 15 is 0 Å². The Kier molecular flexibility index (Phi) is 2.51. The van der Waals surface area contributed by atoms with Crippen LogP contribution in [0.25, 0.3) is 0 Å². The molecule has 1 saturated heterocycles. The summed E-state index contributed by atoms with van der Waals surface area (Å²) in [5, 5.41) is 0. The summed E-state index contributed by atoms with van der Waals surface area (Å²) < 4.78 is 0. The average molecular weight is 250 g/mol. The third kappa shape index (κ3) is 1.99. The highest BCUT2D eigenvalue weighted by Gasteiger charge is 2.49. The van der Waals surface area contributed by atoms with E-state index in [1.807, 2.05) is 17.3 Å². The Labute approximate surface area is 106 Å². The van der Waals surface area contributed by atoms with Crippen molar-refractivity contribution in [2.45, 2.75) is 39.7 Å². The van der Waals surface area contributed by atoms with Gasteiger partial charge in [0.2, 0.25) is 5.91 Å². The van der Waals surface area contributed by atoms with E-state index in [1.54, 1.807) is 11.3 Å². The molecule has 0 bridgehead atoms. The third-order valence-corrected chi connectivity index (χ3v) is 5.12. The van der Waals surface area contributed by atoms with Crippen LogP contribution >= 0.6 is 11.3 Å². The number of carbonyl (C=O) groups excluding carboxylic acids is 1. The molecule has 3 nitrogen and oxygen atoms in total. The van der Waals surface area contributed by atoms with Crippen LogP contribution in [0.3, 0.4) is 0 Å².